The van der Waals surface area contributed by atoms with Crippen LogP contribution in [0.25, 0.3) is 0 Å². The average Bonchev–Trinajstić information content (AvgIpc) is 2.82. The molecule has 3 rings (SSSR count). The fraction of sp³-hybridized carbons (Fsp3) is 0.310. The number of aryl methyl sites for hydroxylation is 2. The van der Waals surface area contributed by atoms with Crippen LogP contribution in [0.1, 0.15) is 34.7 Å². The minimum atomic E-state index is -0.609. The first-order valence-electron chi connectivity index (χ1n) is 11.9. The molecular weight excluding hydrogens is 476 g/mol. The van der Waals surface area contributed by atoms with E-state index >= 15 is 0 Å². The number of hydrogen-bond donors (Lipinski definition) is 1. The standard InChI is InChI=1S/C29H33ClN2O2S/c1-4-31-29(34)27(17-23-8-6-5-7-9-23)32(18-24-10-12-26(30)13-11-24)28(33)20-35-19-25-15-21(2)14-22(3)16-25/h5-16,27H,4,17-20H2,1-3H3,(H,31,34). The lowest BCUT2D eigenvalue weighted by Crippen LogP contribution is -2.51. The Hall–Kier alpha value is -2.76. The van der Waals surface area contributed by atoms with Gasteiger partial charge in [-0.3, -0.25) is 9.59 Å². The molecule has 6 heteroatoms. The lowest BCUT2D eigenvalue weighted by Gasteiger charge is -2.31. The summed E-state index contributed by atoms with van der Waals surface area (Å²) in [5, 5.41) is 3.57. The first kappa shape index (κ1) is 26.8. The van der Waals surface area contributed by atoms with Crippen molar-refractivity contribution in [2.45, 2.75) is 45.5 Å². The van der Waals surface area contributed by atoms with Crippen LogP contribution in [-0.4, -0.2) is 35.1 Å². The summed E-state index contributed by atoms with van der Waals surface area (Å²) in [7, 11) is 0. The van der Waals surface area contributed by atoms with Crippen molar-refractivity contribution in [3.63, 3.8) is 0 Å². The molecule has 0 fully saturated rings. The molecule has 1 unspecified atom stereocenters. The second kappa shape index (κ2) is 13.4. The van der Waals surface area contributed by atoms with Crippen molar-refractivity contribution in [1.82, 2.24) is 10.2 Å². The third kappa shape index (κ3) is 8.44. The Morgan fingerprint density at radius 1 is 0.914 bits per heavy atom. The molecule has 184 valence electrons. The van der Waals surface area contributed by atoms with Gasteiger partial charge in [-0.05, 0) is 49.6 Å². The molecule has 0 aliphatic carbocycles. The normalized spacial score (nSPS) is 11.7. The molecule has 0 aliphatic heterocycles. The van der Waals surface area contributed by atoms with Crippen LogP contribution in [0.3, 0.4) is 0 Å². The highest BCUT2D eigenvalue weighted by Gasteiger charge is 2.30. The van der Waals surface area contributed by atoms with E-state index in [2.05, 4.69) is 37.4 Å². The fourth-order valence-corrected chi connectivity index (χ4v) is 5.09. The first-order chi connectivity index (χ1) is 16.9. The smallest absolute Gasteiger partial charge is 0.243 e. The summed E-state index contributed by atoms with van der Waals surface area (Å²) in [4.78, 5) is 28.5. The number of amides is 2. The van der Waals surface area contributed by atoms with Gasteiger partial charge in [0.2, 0.25) is 11.8 Å². The zero-order chi connectivity index (χ0) is 25.2. The van der Waals surface area contributed by atoms with E-state index in [1.54, 1.807) is 16.7 Å². The van der Waals surface area contributed by atoms with Crippen LogP contribution in [0, 0.1) is 13.8 Å². The predicted molar refractivity (Wildman–Crippen MR) is 147 cm³/mol. The molecule has 0 bridgehead atoms. The van der Waals surface area contributed by atoms with E-state index in [0.717, 1.165) is 16.9 Å². The molecule has 0 aromatic heterocycles. The summed E-state index contributed by atoms with van der Waals surface area (Å²) >= 11 is 7.65. The highest BCUT2D eigenvalue weighted by Crippen LogP contribution is 2.20. The van der Waals surface area contributed by atoms with Crippen LogP contribution >= 0.6 is 23.4 Å². The number of nitrogens with zero attached hydrogens (tertiary/aromatic N) is 1. The van der Waals surface area contributed by atoms with Crippen molar-refractivity contribution >= 4 is 35.2 Å². The molecule has 0 radical (unpaired) electrons. The molecule has 2 amide bonds. The van der Waals surface area contributed by atoms with E-state index in [4.69, 9.17) is 11.6 Å². The Morgan fingerprint density at radius 2 is 1.57 bits per heavy atom. The SMILES string of the molecule is CCNC(=O)C(Cc1ccccc1)N(Cc1ccc(Cl)cc1)C(=O)CSCc1cc(C)cc(C)c1. The summed E-state index contributed by atoms with van der Waals surface area (Å²) in [5.74, 6) is 0.846. The summed E-state index contributed by atoms with van der Waals surface area (Å²) in [6, 6.07) is 23.1. The van der Waals surface area contributed by atoms with Gasteiger partial charge in [0.1, 0.15) is 6.04 Å². The topological polar surface area (TPSA) is 49.4 Å². The maximum Gasteiger partial charge on any atom is 0.243 e. The molecule has 0 saturated carbocycles. The zero-order valence-electron chi connectivity index (χ0n) is 20.6. The second-order valence-electron chi connectivity index (χ2n) is 8.74. The van der Waals surface area contributed by atoms with Crippen LogP contribution in [-0.2, 0) is 28.3 Å². The molecule has 3 aromatic carbocycles. The molecule has 3 aromatic rings. The van der Waals surface area contributed by atoms with Crippen molar-refractivity contribution in [3.8, 4) is 0 Å². The van der Waals surface area contributed by atoms with Crippen molar-refractivity contribution in [3.05, 3.63) is 106 Å². The molecular formula is C29H33ClN2O2S. The van der Waals surface area contributed by atoms with E-state index < -0.39 is 6.04 Å². The maximum absolute atomic E-state index is 13.6. The fourth-order valence-electron chi connectivity index (χ4n) is 4.12. The van der Waals surface area contributed by atoms with Gasteiger partial charge < -0.3 is 10.2 Å². The van der Waals surface area contributed by atoms with Crippen molar-refractivity contribution in [2.24, 2.45) is 0 Å². The van der Waals surface area contributed by atoms with Crippen LogP contribution in [0.15, 0.2) is 72.8 Å². The van der Waals surface area contributed by atoms with Crippen LogP contribution in [0.4, 0.5) is 0 Å². The van der Waals surface area contributed by atoms with Gasteiger partial charge in [0.25, 0.3) is 0 Å². The van der Waals surface area contributed by atoms with E-state index in [9.17, 15) is 9.59 Å². The number of carbonyl (C=O) groups is 2. The third-order valence-corrected chi connectivity index (χ3v) is 6.90. The van der Waals surface area contributed by atoms with Crippen LogP contribution in [0.5, 0.6) is 0 Å². The van der Waals surface area contributed by atoms with E-state index in [1.165, 1.54) is 16.7 Å². The molecule has 0 saturated heterocycles. The highest BCUT2D eigenvalue weighted by atomic mass is 35.5. The number of halogens is 1. The van der Waals surface area contributed by atoms with Gasteiger partial charge in [0, 0.05) is 30.3 Å². The van der Waals surface area contributed by atoms with Crippen molar-refractivity contribution < 1.29 is 9.59 Å². The molecule has 35 heavy (non-hydrogen) atoms. The molecule has 1 N–H and O–H groups in total. The zero-order valence-corrected chi connectivity index (χ0v) is 22.2. The Bertz CT molecular complexity index is 1100. The Balaban J connectivity index is 1.82. The quantitative estimate of drug-likeness (QED) is 0.347. The second-order valence-corrected chi connectivity index (χ2v) is 10.2. The van der Waals surface area contributed by atoms with Gasteiger partial charge in [-0.1, -0.05) is 83.4 Å². The van der Waals surface area contributed by atoms with Gasteiger partial charge in [-0.2, -0.15) is 0 Å². The number of nitrogens with one attached hydrogen (secondary N) is 1. The number of likely N-dealkylation sites (N-methyl/N-ethyl adjacent to an activating group) is 1. The van der Waals surface area contributed by atoms with E-state index in [-0.39, 0.29) is 11.8 Å². The number of carbonyl (C=O) groups excluding carboxylic acids is 2. The van der Waals surface area contributed by atoms with Crippen molar-refractivity contribution in [1.29, 1.82) is 0 Å². The molecule has 0 heterocycles. The Kier molecular flexibility index (Phi) is 10.2. The van der Waals surface area contributed by atoms with Crippen molar-refractivity contribution in [2.75, 3.05) is 12.3 Å². The number of rotatable bonds is 11. The third-order valence-electron chi connectivity index (χ3n) is 5.66. The summed E-state index contributed by atoms with van der Waals surface area (Å²) < 4.78 is 0. The molecule has 0 spiro atoms. The highest BCUT2D eigenvalue weighted by molar-refractivity contribution is 7.99. The molecule has 1 atom stereocenters. The lowest BCUT2D eigenvalue weighted by molar-refractivity contribution is -0.139. The van der Waals surface area contributed by atoms with Gasteiger partial charge in [-0.15, -0.1) is 11.8 Å². The number of hydrogen-bond acceptors (Lipinski definition) is 3. The maximum atomic E-state index is 13.6. The van der Waals surface area contributed by atoms with Gasteiger partial charge >= 0.3 is 0 Å². The number of benzene rings is 3. The number of thioether (sulfide) groups is 1. The summed E-state index contributed by atoms with van der Waals surface area (Å²) in [6.07, 6.45) is 0.452. The minimum absolute atomic E-state index is 0.0542. The first-order valence-corrected chi connectivity index (χ1v) is 13.4. The predicted octanol–water partition coefficient (Wildman–Crippen LogP) is 5.97. The van der Waals surface area contributed by atoms with E-state index in [0.29, 0.717) is 30.3 Å². The minimum Gasteiger partial charge on any atom is -0.355 e. The van der Waals surface area contributed by atoms with Crippen LogP contribution in [0.2, 0.25) is 5.02 Å². The van der Waals surface area contributed by atoms with Crippen LogP contribution < -0.4 is 5.32 Å². The average molecular weight is 509 g/mol. The van der Waals surface area contributed by atoms with Gasteiger partial charge in [-0.25, -0.2) is 0 Å². The summed E-state index contributed by atoms with van der Waals surface area (Å²) in [5.41, 5.74) is 5.59. The molecule has 0 aliphatic rings. The summed E-state index contributed by atoms with van der Waals surface area (Å²) in [6.45, 7) is 6.91. The molecule has 4 nitrogen and oxygen atoms in total. The Morgan fingerprint density at radius 3 is 2.20 bits per heavy atom. The largest absolute Gasteiger partial charge is 0.355 e. The lowest BCUT2D eigenvalue weighted by atomic mass is 10.0. The monoisotopic (exact) mass is 508 g/mol. The van der Waals surface area contributed by atoms with Gasteiger partial charge in [0.05, 0.1) is 5.75 Å². The van der Waals surface area contributed by atoms with E-state index in [1.807, 2.05) is 61.5 Å². The Labute approximate surface area is 218 Å². The van der Waals surface area contributed by atoms with Gasteiger partial charge in [0.15, 0.2) is 0 Å².